The zero-order valence-electron chi connectivity index (χ0n) is 9.89. The van der Waals surface area contributed by atoms with Gasteiger partial charge in [-0.1, -0.05) is 12.1 Å². The third kappa shape index (κ3) is 2.54. The molecule has 1 heterocycles. The molecule has 2 rings (SSSR count). The Labute approximate surface area is 96.6 Å². The number of hydrogen-bond donors (Lipinski definition) is 1. The van der Waals surface area contributed by atoms with Crippen LogP contribution in [0, 0.1) is 0 Å². The highest BCUT2D eigenvalue weighted by atomic mass is 16.5. The van der Waals surface area contributed by atoms with Gasteiger partial charge in [-0.3, -0.25) is 4.90 Å². The second kappa shape index (κ2) is 4.85. The van der Waals surface area contributed by atoms with Crippen molar-refractivity contribution in [2.24, 2.45) is 0 Å². The van der Waals surface area contributed by atoms with E-state index in [0.29, 0.717) is 17.9 Å². The van der Waals surface area contributed by atoms with Crippen molar-refractivity contribution in [1.82, 2.24) is 4.90 Å². The predicted octanol–water partition coefficient (Wildman–Crippen LogP) is 2.00. The Morgan fingerprint density at radius 2 is 2.06 bits per heavy atom. The van der Waals surface area contributed by atoms with Crippen LogP contribution < -0.4 is 0 Å². The molecule has 2 unspecified atom stereocenters. The average Bonchev–Trinajstić information content (AvgIpc) is 2.68. The quantitative estimate of drug-likeness (QED) is 0.847. The molecule has 3 heteroatoms. The highest BCUT2D eigenvalue weighted by Gasteiger charge is 2.27. The van der Waals surface area contributed by atoms with Crippen LogP contribution in [0.2, 0.25) is 0 Å². The van der Waals surface area contributed by atoms with Crippen LogP contribution in [0.15, 0.2) is 24.3 Å². The minimum atomic E-state index is 0.321. The molecule has 0 spiro atoms. The summed E-state index contributed by atoms with van der Waals surface area (Å²) in [7, 11) is 2.13. The molecular weight excluding hydrogens is 202 g/mol. The van der Waals surface area contributed by atoms with Crippen molar-refractivity contribution in [3.8, 4) is 5.75 Å². The van der Waals surface area contributed by atoms with Crippen LogP contribution in [0.25, 0.3) is 0 Å². The molecule has 0 bridgehead atoms. The van der Waals surface area contributed by atoms with E-state index in [1.807, 2.05) is 12.1 Å². The van der Waals surface area contributed by atoms with Crippen molar-refractivity contribution >= 4 is 0 Å². The number of benzene rings is 1. The number of nitrogens with zero attached hydrogens (tertiary/aromatic N) is 1. The first-order valence-corrected chi connectivity index (χ1v) is 5.76. The van der Waals surface area contributed by atoms with Gasteiger partial charge in [0.1, 0.15) is 5.75 Å². The second-order valence-electron chi connectivity index (χ2n) is 4.51. The molecule has 0 saturated carbocycles. The smallest absolute Gasteiger partial charge is 0.115 e. The van der Waals surface area contributed by atoms with Gasteiger partial charge in [0.25, 0.3) is 0 Å². The molecular formula is C13H19NO2. The van der Waals surface area contributed by atoms with Crippen molar-refractivity contribution in [1.29, 1.82) is 0 Å². The summed E-state index contributed by atoms with van der Waals surface area (Å²) in [6, 6.07) is 7.91. The summed E-state index contributed by atoms with van der Waals surface area (Å²) in [5.74, 6) is 0.323. The molecule has 0 aromatic heterocycles. The number of aromatic hydroxyl groups is 1. The number of ether oxygens (including phenoxy) is 1. The van der Waals surface area contributed by atoms with E-state index in [1.54, 1.807) is 12.1 Å². The van der Waals surface area contributed by atoms with Crippen molar-refractivity contribution in [2.45, 2.75) is 32.0 Å². The number of likely N-dealkylation sites (N-methyl/N-ethyl adjacent to an activating group) is 1. The summed E-state index contributed by atoms with van der Waals surface area (Å²) in [5.41, 5.74) is 1.22. The van der Waals surface area contributed by atoms with Gasteiger partial charge >= 0.3 is 0 Å². The van der Waals surface area contributed by atoms with E-state index in [9.17, 15) is 5.11 Å². The van der Waals surface area contributed by atoms with Gasteiger partial charge in [0.2, 0.25) is 0 Å². The van der Waals surface area contributed by atoms with Crippen LogP contribution in [-0.4, -0.2) is 35.8 Å². The van der Waals surface area contributed by atoms with Crippen LogP contribution in [0.4, 0.5) is 0 Å². The Balaban J connectivity index is 1.96. The van der Waals surface area contributed by atoms with Crippen LogP contribution >= 0.6 is 0 Å². The van der Waals surface area contributed by atoms with Crippen molar-refractivity contribution in [2.75, 3.05) is 13.7 Å². The predicted molar refractivity (Wildman–Crippen MR) is 63.4 cm³/mol. The summed E-state index contributed by atoms with van der Waals surface area (Å²) in [6.45, 7) is 3.90. The van der Waals surface area contributed by atoms with E-state index in [1.165, 1.54) is 5.56 Å². The van der Waals surface area contributed by atoms with Crippen LogP contribution in [0.1, 0.15) is 18.9 Å². The molecule has 16 heavy (non-hydrogen) atoms. The summed E-state index contributed by atoms with van der Waals surface area (Å²) in [5, 5.41) is 9.21. The molecule has 2 atom stereocenters. The fraction of sp³-hybridized carbons (Fsp3) is 0.538. The third-order valence-corrected chi connectivity index (χ3v) is 3.27. The number of hydrogen-bond acceptors (Lipinski definition) is 3. The Morgan fingerprint density at radius 1 is 1.38 bits per heavy atom. The fourth-order valence-corrected chi connectivity index (χ4v) is 2.31. The minimum Gasteiger partial charge on any atom is -0.508 e. The molecule has 3 nitrogen and oxygen atoms in total. The topological polar surface area (TPSA) is 32.7 Å². The van der Waals surface area contributed by atoms with Crippen LogP contribution in [0.5, 0.6) is 5.75 Å². The van der Waals surface area contributed by atoms with E-state index >= 15 is 0 Å². The fourth-order valence-electron chi connectivity index (χ4n) is 2.31. The van der Waals surface area contributed by atoms with Crippen LogP contribution in [0.3, 0.4) is 0 Å². The van der Waals surface area contributed by atoms with Crippen molar-refractivity contribution in [3.63, 3.8) is 0 Å². The first-order chi connectivity index (χ1) is 7.66. The SMILES string of the molecule is CC1OCCC1N(C)Cc1ccc(O)cc1. The third-order valence-electron chi connectivity index (χ3n) is 3.27. The molecule has 1 saturated heterocycles. The lowest BCUT2D eigenvalue weighted by Crippen LogP contribution is -2.36. The molecule has 1 aliphatic rings. The van der Waals surface area contributed by atoms with E-state index in [2.05, 4.69) is 18.9 Å². The van der Waals surface area contributed by atoms with Crippen molar-refractivity contribution < 1.29 is 9.84 Å². The molecule has 0 aliphatic carbocycles. The maximum atomic E-state index is 9.21. The monoisotopic (exact) mass is 221 g/mol. The summed E-state index contributed by atoms with van der Waals surface area (Å²) < 4.78 is 5.56. The Hall–Kier alpha value is -1.06. The zero-order valence-corrected chi connectivity index (χ0v) is 9.89. The number of phenolic OH excluding ortho intramolecular Hbond substituents is 1. The molecule has 1 N–H and O–H groups in total. The largest absolute Gasteiger partial charge is 0.508 e. The first kappa shape index (κ1) is 11.4. The maximum Gasteiger partial charge on any atom is 0.115 e. The highest BCUT2D eigenvalue weighted by molar-refractivity contribution is 5.25. The van der Waals surface area contributed by atoms with Gasteiger partial charge in [-0.15, -0.1) is 0 Å². The Bertz CT molecular complexity index is 336. The second-order valence-corrected chi connectivity index (χ2v) is 4.51. The van der Waals surface area contributed by atoms with Gasteiger partial charge in [-0.05, 0) is 38.1 Å². The molecule has 0 radical (unpaired) electrons. The molecule has 1 aliphatic heterocycles. The number of phenols is 1. The standard InChI is InChI=1S/C13H19NO2/c1-10-13(7-8-16-10)14(2)9-11-3-5-12(15)6-4-11/h3-6,10,13,15H,7-9H2,1-2H3. The average molecular weight is 221 g/mol. The van der Waals surface area contributed by atoms with E-state index in [4.69, 9.17) is 4.74 Å². The summed E-state index contributed by atoms with van der Waals surface area (Å²) in [4.78, 5) is 2.32. The normalized spacial score (nSPS) is 25.2. The molecule has 1 aromatic carbocycles. The van der Waals surface area contributed by atoms with Crippen molar-refractivity contribution in [3.05, 3.63) is 29.8 Å². The lowest BCUT2D eigenvalue weighted by molar-refractivity contribution is 0.0814. The number of rotatable bonds is 3. The first-order valence-electron chi connectivity index (χ1n) is 5.76. The maximum absolute atomic E-state index is 9.21. The highest BCUT2D eigenvalue weighted by Crippen LogP contribution is 2.20. The van der Waals surface area contributed by atoms with Gasteiger partial charge in [0.05, 0.1) is 6.10 Å². The van der Waals surface area contributed by atoms with Gasteiger partial charge in [0, 0.05) is 19.2 Å². The molecule has 1 fully saturated rings. The van der Waals surface area contributed by atoms with Gasteiger partial charge in [-0.2, -0.15) is 0 Å². The van der Waals surface area contributed by atoms with Crippen LogP contribution in [-0.2, 0) is 11.3 Å². The van der Waals surface area contributed by atoms with Gasteiger partial charge < -0.3 is 9.84 Å². The van der Waals surface area contributed by atoms with Gasteiger partial charge in [-0.25, -0.2) is 0 Å². The summed E-state index contributed by atoms with van der Waals surface area (Å²) in [6.07, 6.45) is 1.43. The van der Waals surface area contributed by atoms with E-state index in [0.717, 1.165) is 19.6 Å². The lowest BCUT2D eigenvalue weighted by atomic mass is 10.1. The molecule has 88 valence electrons. The Kier molecular flexibility index (Phi) is 3.46. The summed E-state index contributed by atoms with van der Waals surface area (Å²) >= 11 is 0. The van der Waals surface area contributed by atoms with Gasteiger partial charge in [0.15, 0.2) is 0 Å². The molecule has 1 aromatic rings. The zero-order chi connectivity index (χ0) is 11.5. The minimum absolute atomic E-state index is 0.321. The van der Waals surface area contributed by atoms with E-state index < -0.39 is 0 Å². The Morgan fingerprint density at radius 3 is 2.62 bits per heavy atom. The van der Waals surface area contributed by atoms with E-state index in [-0.39, 0.29) is 0 Å². The lowest BCUT2D eigenvalue weighted by Gasteiger charge is -2.26. The molecule has 0 amide bonds.